The van der Waals surface area contributed by atoms with Crippen molar-refractivity contribution < 1.29 is 4.79 Å². The highest BCUT2D eigenvalue weighted by atomic mass is 16.2. The molecule has 1 atom stereocenters. The number of rotatable bonds is 2. The molecular weight excluding hydrogens is 224 g/mol. The molecule has 0 aliphatic carbocycles. The first-order valence-corrected chi connectivity index (χ1v) is 6.66. The molecule has 1 unspecified atom stereocenters. The average Bonchev–Trinajstić information content (AvgIpc) is 2.34. The van der Waals surface area contributed by atoms with Gasteiger partial charge in [-0.2, -0.15) is 0 Å². The summed E-state index contributed by atoms with van der Waals surface area (Å²) < 4.78 is 0. The van der Waals surface area contributed by atoms with E-state index in [9.17, 15) is 4.79 Å². The molecule has 2 rings (SSSR count). The topological polar surface area (TPSA) is 32.3 Å². The molecule has 1 fully saturated rings. The number of aryl methyl sites for hydroxylation is 2. The molecule has 0 saturated carbocycles. The molecule has 1 N–H and O–H groups in total. The quantitative estimate of drug-likeness (QED) is 0.870. The van der Waals surface area contributed by atoms with Gasteiger partial charge in [-0.3, -0.25) is 9.69 Å². The van der Waals surface area contributed by atoms with Crippen LogP contribution in [-0.2, 0) is 4.79 Å². The largest absolute Gasteiger partial charge is 0.325 e. The summed E-state index contributed by atoms with van der Waals surface area (Å²) in [4.78, 5) is 14.4. The van der Waals surface area contributed by atoms with Crippen LogP contribution in [0.3, 0.4) is 0 Å². The van der Waals surface area contributed by atoms with Crippen molar-refractivity contribution in [3.63, 3.8) is 0 Å². The highest BCUT2D eigenvalue weighted by Gasteiger charge is 2.25. The summed E-state index contributed by atoms with van der Waals surface area (Å²) in [7, 11) is 2.03. The fraction of sp³-hybridized carbons (Fsp3) is 0.533. The molecule has 3 heteroatoms. The molecule has 0 radical (unpaired) electrons. The molecule has 18 heavy (non-hydrogen) atoms. The summed E-state index contributed by atoms with van der Waals surface area (Å²) >= 11 is 0. The van der Waals surface area contributed by atoms with Crippen molar-refractivity contribution in [3.05, 3.63) is 29.3 Å². The Morgan fingerprint density at radius 3 is 2.72 bits per heavy atom. The Hall–Kier alpha value is -1.35. The molecule has 98 valence electrons. The monoisotopic (exact) mass is 246 g/mol. The molecule has 0 spiro atoms. The lowest BCUT2D eigenvalue weighted by Gasteiger charge is -2.31. The van der Waals surface area contributed by atoms with Crippen molar-refractivity contribution >= 4 is 11.6 Å². The van der Waals surface area contributed by atoms with Crippen LogP contribution in [0.5, 0.6) is 0 Å². The first kappa shape index (κ1) is 13.1. The van der Waals surface area contributed by atoms with Gasteiger partial charge in [-0.15, -0.1) is 0 Å². The van der Waals surface area contributed by atoms with Crippen molar-refractivity contribution in [2.45, 2.75) is 39.2 Å². The number of piperidine rings is 1. The third-order valence-corrected chi connectivity index (χ3v) is 3.85. The van der Waals surface area contributed by atoms with Crippen LogP contribution in [-0.4, -0.2) is 30.4 Å². The number of anilines is 1. The number of nitrogens with one attached hydrogen (secondary N) is 1. The van der Waals surface area contributed by atoms with E-state index in [1.165, 1.54) is 17.5 Å². The zero-order valence-corrected chi connectivity index (χ0v) is 11.5. The van der Waals surface area contributed by atoms with Crippen LogP contribution in [0.15, 0.2) is 18.2 Å². The lowest BCUT2D eigenvalue weighted by Crippen LogP contribution is -2.44. The van der Waals surface area contributed by atoms with Crippen molar-refractivity contribution in [1.29, 1.82) is 0 Å². The summed E-state index contributed by atoms with van der Waals surface area (Å²) in [6, 6.07) is 6.09. The van der Waals surface area contributed by atoms with Crippen molar-refractivity contribution in [2.24, 2.45) is 0 Å². The van der Waals surface area contributed by atoms with Gasteiger partial charge in [-0.25, -0.2) is 0 Å². The second-order valence-corrected chi connectivity index (χ2v) is 5.28. The molecular formula is C15H22N2O. The van der Waals surface area contributed by atoms with Crippen LogP contribution in [0, 0.1) is 13.8 Å². The second kappa shape index (κ2) is 5.53. The number of likely N-dealkylation sites (tertiary alicyclic amines) is 1. The van der Waals surface area contributed by atoms with E-state index in [1.807, 2.05) is 19.2 Å². The first-order valence-electron chi connectivity index (χ1n) is 6.66. The Morgan fingerprint density at radius 1 is 1.28 bits per heavy atom. The number of carbonyl (C=O) groups excluding carboxylic acids is 1. The number of likely N-dealkylation sites (N-methyl/N-ethyl adjacent to an activating group) is 1. The summed E-state index contributed by atoms with van der Waals surface area (Å²) in [5.41, 5.74) is 3.37. The fourth-order valence-electron chi connectivity index (χ4n) is 2.45. The van der Waals surface area contributed by atoms with Gasteiger partial charge in [0.25, 0.3) is 0 Å². The number of carbonyl (C=O) groups is 1. The van der Waals surface area contributed by atoms with Gasteiger partial charge in [0.15, 0.2) is 0 Å². The van der Waals surface area contributed by atoms with Gasteiger partial charge >= 0.3 is 0 Å². The Morgan fingerprint density at radius 2 is 2.06 bits per heavy atom. The van der Waals surface area contributed by atoms with E-state index >= 15 is 0 Å². The normalized spacial score (nSPS) is 20.7. The highest BCUT2D eigenvalue weighted by molar-refractivity contribution is 5.95. The number of benzene rings is 1. The molecule has 1 heterocycles. The van der Waals surface area contributed by atoms with E-state index in [1.54, 1.807) is 0 Å². The van der Waals surface area contributed by atoms with Gasteiger partial charge in [0.1, 0.15) is 0 Å². The van der Waals surface area contributed by atoms with Gasteiger partial charge in [0.05, 0.1) is 6.04 Å². The fourth-order valence-corrected chi connectivity index (χ4v) is 2.45. The molecule has 1 aliphatic rings. The minimum absolute atomic E-state index is 0.0281. The molecule has 1 aromatic rings. The minimum Gasteiger partial charge on any atom is -0.325 e. The predicted molar refractivity (Wildman–Crippen MR) is 74.8 cm³/mol. The van der Waals surface area contributed by atoms with Crippen molar-refractivity contribution in [3.8, 4) is 0 Å². The van der Waals surface area contributed by atoms with Gasteiger partial charge in [-0.05, 0) is 63.5 Å². The maximum absolute atomic E-state index is 12.2. The Kier molecular flexibility index (Phi) is 4.02. The van der Waals surface area contributed by atoms with E-state index in [4.69, 9.17) is 0 Å². The van der Waals surface area contributed by atoms with Crippen molar-refractivity contribution in [1.82, 2.24) is 4.90 Å². The number of amides is 1. The Labute approximate surface area is 109 Å². The lowest BCUT2D eigenvalue weighted by atomic mass is 10.0. The molecule has 0 aromatic heterocycles. The molecule has 1 amide bonds. The first-order chi connectivity index (χ1) is 8.58. The smallest absolute Gasteiger partial charge is 0.241 e. The second-order valence-electron chi connectivity index (χ2n) is 5.28. The predicted octanol–water partition coefficient (Wildman–Crippen LogP) is 2.73. The standard InChI is InChI=1S/C15H22N2O/c1-11-7-8-13(10-12(11)2)16-15(18)14-6-4-5-9-17(14)3/h7-8,10,14H,4-6,9H2,1-3H3,(H,16,18). The van der Waals surface area contributed by atoms with E-state index in [-0.39, 0.29) is 11.9 Å². The number of hydrogen-bond acceptors (Lipinski definition) is 2. The van der Waals surface area contributed by atoms with Crippen LogP contribution in [0.1, 0.15) is 30.4 Å². The van der Waals surface area contributed by atoms with E-state index < -0.39 is 0 Å². The third-order valence-electron chi connectivity index (χ3n) is 3.85. The zero-order valence-electron chi connectivity index (χ0n) is 11.5. The number of nitrogens with zero attached hydrogens (tertiary/aromatic N) is 1. The maximum Gasteiger partial charge on any atom is 0.241 e. The van der Waals surface area contributed by atoms with E-state index in [0.717, 1.165) is 25.1 Å². The van der Waals surface area contributed by atoms with E-state index in [2.05, 4.69) is 30.1 Å². The average molecular weight is 246 g/mol. The molecule has 1 aliphatic heterocycles. The summed E-state index contributed by atoms with van der Waals surface area (Å²) in [5, 5.41) is 3.03. The summed E-state index contributed by atoms with van der Waals surface area (Å²) in [6.07, 6.45) is 3.31. The van der Waals surface area contributed by atoms with Crippen LogP contribution in [0.4, 0.5) is 5.69 Å². The van der Waals surface area contributed by atoms with Gasteiger partial charge in [0, 0.05) is 5.69 Å². The summed E-state index contributed by atoms with van der Waals surface area (Å²) in [6.45, 7) is 5.17. The van der Waals surface area contributed by atoms with E-state index in [0.29, 0.717) is 0 Å². The number of hydrogen-bond donors (Lipinski definition) is 1. The third kappa shape index (κ3) is 2.91. The van der Waals surface area contributed by atoms with Crippen LogP contribution in [0.25, 0.3) is 0 Å². The lowest BCUT2D eigenvalue weighted by molar-refractivity contribution is -0.121. The van der Waals surface area contributed by atoms with Gasteiger partial charge in [0.2, 0.25) is 5.91 Å². The van der Waals surface area contributed by atoms with Crippen molar-refractivity contribution in [2.75, 3.05) is 18.9 Å². The zero-order chi connectivity index (χ0) is 13.1. The van der Waals surface area contributed by atoms with Crippen LogP contribution < -0.4 is 5.32 Å². The molecule has 1 saturated heterocycles. The summed E-state index contributed by atoms with van der Waals surface area (Å²) in [5.74, 6) is 0.125. The maximum atomic E-state index is 12.2. The molecule has 0 bridgehead atoms. The Bertz CT molecular complexity index is 442. The SMILES string of the molecule is Cc1ccc(NC(=O)C2CCCCN2C)cc1C. The van der Waals surface area contributed by atoms with Gasteiger partial charge < -0.3 is 5.32 Å². The molecule has 1 aromatic carbocycles. The molecule has 3 nitrogen and oxygen atoms in total. The van der Waals surface area contributed by atoms with Gasteiger partial charge in [-0.1, -0.05) is 12.5 Å². The highest BCUT2D eigenvalue weighted by Crippen LogP contribution is 2.18. The van der Waals surface area contributed by atoms with Crippen LogP contribution >= 0.6 is 0 Å². The minimum atomic E-state index is 0.0281. The Balaban J connectivity index is 2.04. The van der Waals surface area contributed by atoms with Crippen LogP contribution in [0.2, 0.25) is 0 Å².